The molecule has 0 saturated carbocycles. The van der Waals surface area contributed by atoms with Crippen molar-refractivity contribution < 1.29 is 0 Å². The minimum atomic E-state index is 0.692. The zero-order chi connectivity index (χ0) is 8.67. The topological polar surface area (TPSA) is 29.0 Å². The van der Waals surface area contributed by atoms with Crippen molar-refractivity contribution in [3.8, 4) is 0 Å². The molecule has 13 heavy (non-hydrogen) atoms. The molecule has 0 N–H and O–H groups in total. The molecule has 2 unspecified atom stereocenters. The molecule has 3 nitrogen and oxygen atoms in total. The second-order valence-electron chi connectivity index (χ2n) is 3.55. The monoisotopic (exact) mass is 193 g/mol. The fourth-order valence-corrected chi connectivity index (χ4v) is 3.52. The Morgan fingerprint density at radius 3 is 2.85 bits per heavy atom. The van der Waals surface area contributed by atoms with Crippen LogP contribution in [0.1, 0.15) is 6.42 Å². The van der Waals surface area contributed by atoms with Crippen molar-refractivity contribution in [2.45, 2.75) is 17.7 Å². The van der Waals surface area contributed by atoms with Crippen LogP contribution in [0.2, 0.25) is 0 Å². The van der Waals surface area contributed by atoms with Gasteiger partial charge in [-0.15, -0.1) is 0 Å². The van der Waals surface area contributed by atoms with E-state index < -0.39 is 0 Å². The summed E-state index contributed by atoms with van der Waals surface area (Å²) >= 11 is 2.09. The highest BCUT2D eigenvalue weighted by Crippen LogP contribution is 2.38. The molecule has 0 aliphatic carbocycles. The molecule has 4 heteroatoms. The molecule has 3 rings (SSSR count). The van der Waals surface area contributed by atoms with Gasteiger partial charge in [-0.25, -0.2) is 9.97 Å². The third-order valence-corrected chi connectivity index (χ3v) is 4.10. The van der Waals surface area contributed by atoms with E-state index in [0.29, 0.717) is 6.04 Å². The van der Waals surface area contributed by atoms with E-state index in [1.807, 2.05) is 18.5 Å². The Morgan fingerprint density at radius 1 is 1.38 bits per heavy atom. The number of hydrogen-bond donors (Lipinski definition) is 0. The molecule has 2 aliphatic rings. The Kier molecular flexibility index (Phi) is 1.68. The second kappa shape index (κ2) is 2.87. The SMILES string of the molecule is c1cnc(N2CC3CC2CS3)nc1. The van der Waals surface area contributed by atoms with Crippen molar-refractivity contribution in [3.05, 3.63) is 18.5 Å². The number of fused-ring (bicyclic) bond motifs is 2. The van der Waals surface area contributed by atoms with Gasteiger partial charge in [-0.2, -0.15) is 11.8 Å². The average molecular weight is 193 g/mol. The summed E-state index contributed by atoms with van der Waals surface area (Å²) in [6, 6.07) is 2.56. The highest BCUT2D eigenvalue weighted by atomic mass is 32.2. The van der Waals surface area contributed by atoms with Gasteiger partial charge in [0.2, 0.25) is 5.95 Å². The summed E-state index contributed by atoms with van der Waals surface area (Å²) in [5.74, 6) is 2.17. The van der Waals surface area contributed by atoms with Crippen LogP contribution in [0.25, 0.3) is 0 Å². The fraction of sp³-hybridized carbons (Fsp3) is 0.556. The standard InChI is InChI=1S/C9H11N3S/c1-2-10-9(11-3-1)12-5-8-4-7(12)6-13-8/h1-3,7-8H,4-6H2. The van der Waals surface area contributed by atoms with Crippen molar-refractivity contribution in [1.29, 1.82) is 0 Å². The Morgan fingerprint density at radius 2 is 2.23 bits per heavy atom. The molecule has 0 aromatic carbocycles. The summed E-state index contributed by atoms with van der Waals surface area (Å²) in [5, 5.41) is 0.828. The summed E-state index contributed by atoms with van der Waals surface area (Å²) in [6.07, 6.45) is 4.96. The first-order valence-electron chi connectivity index (χ1n) is 4.59. The van der Waals surface area contributed by atoms with Gasteiger partial charge in [0.15, 0.2) is 0 Å². The maximum absolute atomic E-state index is 4.29. The van der Waals surface area contributed by atoms with E-state index in [2.05, 4.69) is 26.6 Å². The van der Waals surface area contributed by atoms with Crippen molar-refractivity contribution >= 4 is 17.7 Å². The van der Waals surface area contributed by atoms with Gasteiger partial charge in [0.1, 0.15) is 0 Å². The van der Waals surface area contributed by atoms with Gasteiger partial charge in [0.05, 0.1) is 0 Å². The fourth-order valence-electron chi connectivity index (χ4n) is 2.08. The Hall–Kier alpha value is -0.770. The van der Waals surface area contributed by atoms with Gasteiger partial charge in [-0.1, -0.05) is 0 Å². The summed E-state index contributed by atoms with van der Waals surface area (Å²) in [7, 11) is 0. The summed E-state index contributed by atoms with van der Waals surface area (Å²) in [5.41, 5.74) is 0. The molecule has 2 atom stereocenters. The zero-order valence-corrected chi connectivity index (χ0v) is 8.07. The van der Waals surface area contributed by atoms with Crippen LogP contribution in [0.15, 0.2) is 18.5 Å². The van der Waals surface area contributed by atoms with E-state index in [-0.39, 0.29) is 0 Å². The predicted octanol–water partition coefficient (Wildman–Crippen LogP) is 1.17. The van der Waals surface area contributed by atoms with Crippen molar-refractivity contribution in [2.75, 3.05) is 17.2 Å². The molecule has 2 fully saturated rings. The number of hydrogen-bond acceptors (Lipinski definition) is 4. The quantitative estimate of drug-likeness (QED) is 0.669. The van der Waals surface area contributed by atoms with Crippen molar-refractivity contribution in [2.24, 2.45) is 0 Å². The van der Waals surface area contributed by atoms with E-state index in [0.717, 1.165) is 17.7 Å². The molecular weight excluding hydrogens is 182 g/mol. The molecule has 2 bridgehead atoms. The van der Waals surface area contributed by atoms with Gasteiger partial charge < -0.3 is 4.90 Å². The smallest absolute Gasteiger partial charge is 0.225 e. The largest absolute Gasteiger partial charge is 0.336 e. The van der Waals surface area contributed by atoms with E-state index in [9.17, 15) is 0 Å². The Bertz CT molecular complexity index is 303. The van der Waals surface area contributed by atoms with Crippen LogP contribution in [-0.2, 0) is 0 Å². The molecule has 68 valence electrons. The molecular formula is C9H11N3S. The molecule has 1 aromatic rings. The third-order valence-electron chi connectivity index (χ3n) is 2.71. The van der Waals surface area contributed by atoms with Gasteiger partial charge in [-0.05, 0) is 12.5 Å². The van der Waals surface area contributed by atoms with E-state index in [1.54, 1.807) is 0 Å². The van der Waals surface area contributed by atoms with Crippen molar-refractivity contribution in [3.63, 3.8) is 0 Å². The van der Waals surface area contributed by atoms with Crippen LogP contribution < -0.4 is 4.90 Å². The predicted molar refractivity (Wildman–Crippen MR) is 54.0 cm³/mol. The Balaban J connectivity index is 1.87. The van der Waals surface area contributed by atoms with Crippen LogP contribution in [-0.4, -0.2) is 33.6 Å². The van der Waals surface area contributed by atoms with E-state index in [4.69, 9.17) is 0 Å². The average Bonchev–Trinajstić information content (AvgIpc) is 2.80. The van der Waals surface area contributed by atoms with E-state index >= 15 is 0 Å². The van der Waals surface area contributed by atoms with Gasteiger partial charge in [-0.3, -0.25) is 0 Å². The minimum Gasteiger partial charge on any atom is -0.336 e. The number of anilines is 1. The van der Waals surface area contributed by atoms with E-state index in [1.165, 1.54) is 12.2 Å². The normalized spacial score (nSPS) is 31.2. The maximum atomic E-state index is 4.29. The molecule has 2 aliphatic heterocycles. The first kappa shape index (κ1) is 7.62. The first-order chi connectivity index (χ1) is 6.43. The minimum absolute atomic E-state index is 0.692. The maximum Gasteiger partial charge on any atom is 0.225 e. The lowest BCUT2D eigenvalue weighted by atomic mass is 10.2. The van der Waals surface area contributed by atoms with Crippen LogP contribution in [0, 0.1) is 0 Å². The van der Waals surface area contributed by atoms with Gasteiger partial charge >= 0.3 is 0 Å². The van der Waals surface area contributed by atoms with Gasteiger partial charge in [0, 0.05) is 36.0 Å². The third kappa shape index (κ3) is 1.20. The molecule has 1 aromatic heterocycles. The lowest BCUT2D eigenvalue weighted by Crippen LogP contribution is -2.35. The van der Waals surface area contributed by atoms with Crippen molar-refractivity contribution in [1.82, 2.24) is 9.97 Å². The Labute approximate surface area is 81.6 Å². The summed E-state index contributed by atoms with van der Waals surface area (Å²) in [6.45, 7) is 1.14. The van der Waals surface area contributed by atoms with Crippen LogP contribution in [0.4, 0.5) is 5.95 Å². The lowest BCUT2D eigenvalue weighted by molar-refractivity contribution is 0.738. The lowest BCUT2D eigenvalue weighted by Gasteiger charge is -2.26. The molecule has 2 saturated heterocycles. The zero-order valence-electron chi connectivity index (χ0n) is 7.26. The van der Waals surface area contributed by atoms with Crippen LogP contribution in [0.5, 0.6) is 0 Å². The number of aromatic nitrogens is 2. The summed E-state index contributed by atoms with van der Waals surface area (Å²) < 4.78 is 0. The van der Waals surface area contributed by atoms with Gasteiger partial charge in [0.25, 0.3) is 0 Å². The molecule has 0 amide bonds. The highest BCUT2D eigenvalue weighted by molar-refractivity contribution is 8.00. The molecule has 0 radical (unpaired) electrons. The number of thioether (sulfide) groups is 1. The number of nitrogens with zero attached hydrogens (tertiary/aromatic N) is 3. The molecule has 3 heterocycles. The summed E-state index contributed by atoms with van der Waals surface area (Å²) in [4.78, 5) is 10.9. The second-order valence-corrected chi connectivity index (χ2v) is 4.88. The van der Waals surface area contributed by atoms with Crippen LogP contribution in [0.3, 0.4) is 0 Å². The highest BCUT2D eigenvalue weighted by Gasteiger charge is 2.39. The number of rotatable bonds is 1. The first-order valence-corrected chi connectivity index (χ1v) is 5.63. The molecule has 0 spiro atoms. The van der Waals surface area contributed by atoms with Crippen LogP contribution >= 0.6 is 11.8 Å².